The molecule has 0 heterocycles. The Morgan fingerprint density at radius 3 is 2.63 bits per heavy atom. The van der Waals surface area contributed by atoms with E-state index >= 15 is 0 Å². The third-order valence-electron chi connectivity index (χ3n) is 2.54. The van der Waals surface area contributed by atoms with Crippen LogP contribution in [-0.4, -0.2) is 7.11 Å². The van der Waals surface area contributed by atoms with Crippen LogP contribution in [0.2, 0.25) is 5.02 Å². The van der Waals surface area contributed by atoms with Crippen molar-refractivity contribution in [3.8, 4) is 5.75 Å². The van der Waals surface area contributed by atoms with Crippen LogP contribution in [0.1, 0.15) is 0 Å². The largest absolute Gasteiger partial charge is 0.495 e. The van der Waals surface area contributed by atoms with E-state index in [1.54, 1.807) is 6.07 Å². The van der Waals surface area contributed by atoms with Gasteiger partial charge in [0.15, 0.2) is 5.82 Å². The Balaban J connectivity index is 2.41. The summed E-state index contributed by atoms with van der Waals surface area (Å²) in [6, 6.07) is 6.86. The van der Waals surface area contributed by atoms with E-state index in [1.165, 1.54) is 25.3 Å². The average molecular weight is 285 g/mol. The van der Waals surface area contributed by atoms with E-state index in [0.29, 0.717) is 5.75 Å². The number of benzene rings is 2. The van der Waals surface area contributed by atoms with E-state index in [1.807, 2.05) is 0 Å². The van der Waals surface area contributed by atoms with Gasteiger partial charge in [0.2, 0.25) is 0 Å². The second-order valence-corrected chi connectivity index (χ2v) is 4.21. The number of nitrogens with two attached hydrogens (primary N) is 1. The van der Waals surface area contributed by atoms with Crippen molar-refractivity contribution in [3.05, 3.63) is 47.0 Å². The Kier molecular flexibility index (Phi) is 3.76. The molecule has 0 fully saturated rings. The number of nitrogen functional groups attached to an aromatic ring is 1. The molecule has 2 aromatic rings. The third kappa shape index (κ3) is 2.71. The molecule has 3 N–H and O–H groups in total. The summed E-state index contributed by atoms with van der Waals surface area (Å²) in [6.07, 6.45) is 0. The van der Waals surface area contributed by atoms with Crippen LogP contribution < -0.4 is 15.8 Å². The van der Waals surface area contributed by atoms with Crippen LogP contribution in [-0.2, 0) is 0 Å². The molecule has 6 heteroatoms. The van der Waals surface area contributed by atoms with Crippen molar-refractivity contribution in [1.29, 1.82) is 0 Å². The van der Waals surface area contributed by atoms with Gasteiger partial charge in [-0.05, 0) is 12.1 Å². The molecule has 0 aliphatic carbocycles. The van der Waals surface area contributed by atoms with Crippen LogP contribution in [0.5, 0.6) is 5.75 Å². The van der Waals surface area contributed by atoms with Crippen LogP contribution in [0.3, 0.4) is 0 Å². The molecular weight excluding hydrogens is 274 g/mol. The lowest BCUT2D eigenvalue weighted by Crippen LogP contribution is -2.00. The summed E-state index contributed by atoms with van der Waals surface area (Å²) in [4.78, 5) is 0. The standard InChI is InChI=1S/C13H11ClF2N2O/c1-19-12-6-11(8(15)5-9(12)17)18-10-4-2-3-7(14)13(10)16/h2-6,18H,17H2,1H3. The van der Waals surface area contributed by atoms with Gasteiger partial charge in [-0.3, -0.25) is 0 Å². The predicted molar refractivity (Wildman–Crippen MR) is 72.1 cm³/mol. The van der Waals surface area contributed by atoms with Crippen LogP contribution in [0.4, 0.5) is 25.8 Å². The molecule has 3 nitrogen and oxygen atoms in total. The highest BCUT2D eigenvalue weighted by Crippen LogP contribution is 2.32. The SMILES string of the molecule is COc1cc(Nc2cccc(Cl)c2F)c(F)cc1N. The maximum atomic E-state index is 13.7. The molecule has 0 bridgehead atoms. The maximum absolute atomic E-state index is 13.7. The molecule has 0 spiro atoms. The molecule has 0 aromatic heterocycles. The molecule has 100 valence electrons. The number of ether oxygens (including phenoxy) is 1. The zero-order valence-electron chi connectivity index (χ0n) is 10.0. The normalized spacial score (nSPS) is 10.3. The molecule has 19 heavy (non-hydrogen) atoms. The van der Waals surface area contributed by atoms with Gasteiger partial charge in [-0.25, -0.2) is 8.78 Å². The van der Waals surface area contributed by atoms with Crippen molar-refractivity contribution in [3.63, 3.8) is 0 Å². The summed E-state index contributed by atoms with van der Waals surface area (Å²) in [7, 11) is 1.41. The zero-order valence-corrected chi connectivity index (χ0v) is 10.8. The summed E-state index contributed by atoms with van der Waals surface area (Å²) in [6.45, 7) is 0. The van der Waals surface area contributed by atoms with Crippen molar-refractivity contribution in [1.82, 2.24) is 0 Å². The average Bonchev–Trinajstić information content (AvgIpc) is 2.38. The topological polar surface area (TPSA) is 47.3 Å². The molecule has 2 rings (SSSR count). The van der Waals surface area contributed by atoms with Crippen molar-refractivity contribution >= 4 is 28.7 Å². The minimum Gasteiger partial charge on any atom is -0.495 e. The minimum absolute atomic E-state index is 0.0483. The molecule has 0 aliphatic heterocycles. The number of nitrogens with one attached hydrogen (secondary N) is 1. The fourth-order valence-corrected chi connectivity index (χ4v) is 1.76. The summed E-state index contributed by atoms with van der Waals surface area (Å²) >= 11 is 5.65. The summed E-state index contributed by atoms with van der Waals surface area (Å²) < 4.78 is 32.4. The minimum atomic E-state index is -0.653. The molecule has 0 unspecified atom stereocenters. The molecule has 0 radical (unpaired) electrons. The van der Waals surface area contributed by atoms with Gasteiger partial charge < -0.3 is 15.8 Å². The van der Waals surface area contributed by atoms with Gasteiger partial charge in [-0.15, -0.1) is 0 Å². The van der Waals surface area contributed by atoms with E-state index in [0.717, 1.165) is 6.07 Å². The molecular formula is C13H11ClF2N2O. The highest BCUT2D eigenvalue weighted by molar-refractivity contribution is 6.31. The maximum Gasteiger partial charge on any atom is 0.165 e. The van der Waals surface area contributed by atoms with Gasteiger partial charge in [0, 0.05) is 12.1 Å². The van der Waals surface area contributed by atoms with E-state index in [2.05, 4.69) is 5.32 Å². The van der Waals surface area contributed by atoms with Gasteiger partial charge in [-0.2, -0.15) is 0 Å². The lowest BCUT2D eigenvalue weighted by atomic mass is 10.2. The molecule has 0 aliphatic rings. The Labute approximate surface area is 113 Å². The van der Waals surface area contributed by atoms with Gasteiger partial charge in [0.05, 0.1) is 29.2 Å². The Hall–Kier alpha value is -2.01. The van der Waals surface area contributed by atoms with E-state index in [4.69, 9.17) is 22.1 Å². The Morgan fingerprint density at radius 2 is 1.95 bits per heavy atom. The van der Waals surface area contributed by atoms with Crippen LogP contribution in [0.25, 0.3) is 0 Å². The second-order valence-electron chi connectivity index (χ2n) is 3.80. The van der Waals surface area contributed by atoms with Gasteiger partial charge in [0.1, 0.15) is 11.6 Å². The number of rotatable bonds is 3. The van der Waals surface area contributed by atoms with Crippen LogP contribution in [0.15, 0.2) is 30.3 Å². The third-order valence-corrected chi connectivity index (χ3v) is 2.83. The number of hydrogen-bond acceptors (Lipinski definition) is 3. The Bertz CT molecular complexity index is 620. The van der Waals surface area contributed by atoms with E-state index in [9.17, 15) is 8.78 Å². The van der Waals surface area contributed by atoms with Gasteiger partial charge in [0.25, 0.3) is 0 Å². The first-order chi connectivity index (χ1) is 9.02. The van der Waals surface area contributed by atoms with E-state index < -0.39 is 11.6 Å². The van der Waals surface area contributed by atoms with Crippen LogP contribution in [0, 0.1) is 11.6 Å². The highest BCUT2D eigenvalue weighted by atomic mass is 35.5. The first-order valence-corrected chi connectivity index (χ1v) is 5.74. The van der Waals surface area contributed by atoms with Crippen molar-refractivity contribution in [2.45, 2.75) is 0 Å². The molecule has 0 amide bonds. The smallest absolute Gasteiger partial charge is 0.165 e. The summed E-state index contributed by atoms with van der Waals surface area (Å²) in [5, 5.41) is 2.56. The monoisotopic (exact) mass is 284 g/mol. The molecule has 0 atom stereocenters. The van der Waals surface area contributed by atoms with Crippen molar-refractivity contribution in [2.75, 3.05) is 18.2 Å². The number of hydrogen-bond donors (Lipinski definition) is 2. The highest BCUT2D eigenvalue weighted by Gasteiger charge is 2.12. The molecule has 0 saturated carbocycles. The second kappa shape index (κ2) is 5.32. The number of halogens is 3. The predicted octanol–water partition coefficient (Wildman–Crippen LogP) is 3.95. The quantitative estimate of drug-likeness (QED) is 0.839. The lowest BCUT2D eigenvalue weighted by Gasteiger charge is -2.12. The van der Waals surface area contributed by atoms with Gasteiger partial charge in [-0.1, -0.05) is 17.7 Å². The van der Waals surface area contributed by atoms with Crippen molar-refractivity contribution < 1.29 is 13.5 Å². The first-order valence-electron chi connectivity index (χ1n) is 5.37. The van der Waals surface area contributed by atoms with Crippen LogP contribution >= 0.6 is 11.6 Å². The summed E-state index contributed by atoms with van der Waals surface area (Å²) in [5.41, 5.74) is 5.84. The summed E-state index contributed by atoms with van der Waals surface area (Å²) in [5.74, 6) is -0.969. The van der Waals surface area contributed by atoms with Crippen molar-refractivity contribution in [2.24, 2.45) is 0 Å². The van der Waals surface area contributed by atoms with E-state index in [-0.39, 0.29) is 22.1 Å². The zero-order chi connectivity index (χ0) is 14.0. The fourth-order valence-electron chi connectivity index (χ4n) is 1.59. The van der Waals surface area contributed by atoms with Gasteiger partial charge >= 0.3 is 0 Å². The number of methoxy groups -OCH3 is 1. The Morgan fingerprint density at radius 1 is 1.21 bits per heavy atom. The molecule has 2 aromatic carbocycles. The fraction of sp³-hybridized carbons (Fsp3) is 0.0769. The lowest BCUT2D eigenvalue weighted by molar-refractivity contribution is 0.416. The first kappa shape index (κ1) is 13.4. The number of anilines is 3. The molecule has 0 saturated heterocycles.